The van der Waals surface area contributed by atoms with Crippen LogP contribution < -0.4 is 14.8 Å². The monoisotopic (exact) mass is 466 g/mol. The highest BCUT2D eigenvalue weighted by atomic mass is 35.5. The molecule has 0 saturated carbocycles. The number of rotatable bonds is 7. The van der Waals surface area contributed by atoms with E-state index in [4.69, 9.17) is 32.7 Å². The van der Waals surface area contributed by atoms with Crippen LogP contribution in [0.1, 0.15) is 16.7 Å². The van der Waals surface area contributed by atoms with Gasteiger partial charge in [0.2, 0.25) is 0 Å². The van der Waals surface area contributed by atoms with Crippen molar-refractivity contribution in [3.63, 3.8) is 0 Å². The molecule has 162 valence electrons. The van der Waals surface area contributed by atoms with Gasteiger partial charge in [0.05, 0.1) is 22.8 Å². The van der Waals surface area contributed by atoms with Gasteiger partial charge in [-0.05, 0) is 48.4 Å². The standard InChI is InChI=1S/C25H20Cl2N2O3/c1-16-6-8-17(9-7-16)15-32-22-11-10-18(13-23(22)31-2)12-19(14-28)25(30)29-21-5-3-4-20(26)24(21)27/h3-13H,15H2,1-2H3,(H,29,30)/b19-12-. The molecule has 3 aromatic rings. The highest BCUT2D eigenvalue weighted by Crippen LogP contribution is 2.31. The number of nitrogens with one attached hydrogen (secondary N) is 1. The molecule has 0 heterocycles. The molecule has 3 rings (SSSR count). The van der Waals surface area contributed by atoms with Crippen LogP contribution in [-0.4, -0.2) is 13.0 Å². The van der Waals surface area contributed by atoms with Crippen LogP contribution >= 0.6 is 23.2 Å². The molecule has 32 heavy (non-hydrogen) atoms. The minimum atomic E-state index is -0.602. The molecule has 0 fully saturated rings. The second-order valence-electron chi connectivity index (χ2n) is 6.91. The Morgan fingerprint density at radius 2 is 1.84 bits per heavy atom. The van der Waals surface area contributed by atoms with Gasteiger partial charge in [0.15, 0.2) is 11.5 Å². The van der Waals surface area contributed by atoms with Gasteiger partial charge in [0.25, 0.3) is 5.91 Å². The first kappa shape index (κ1) is 23.2. The molecular weight excluding hydrogens is 447 g/mol. The van der Waals surface area contributed by atoms with Crippen molar-refractivity contribution in [1.82, 2.24) is 0 Å². The zero-order chi connectivity index (χ0) is 23.1. The van der Waals surface area contributed by atoms with Crippen LogP contribution in [0.3, 0.4) is 0 Å². The van der Waals surface area contributed by atoms with Crippen molar-refractivity contribution in [3.05, 3.63) is 93.0 Å². The Labute approximate surface area is 196 Å². The van der Waals surface area contributed by atoms with Crippen LogP contribution in [0.2, 0.25) is 10.0 Å². The molecule has 0 aliphatic rings. The van der Waals surface area contributed by atoms with Gasteiger partial charge < -0.3 is 14.8 Å². The average molecular weight is 467 g/mol. The van der Waals surface area contributed by atoms with E-state index < -0.39 is 5.91 Å². The van der Waals surface area contributed by atoms with Gasteiger partial charge in [0.1, 0.15) is 18.2 Å². The molecule has 0 aromatic heterocycles. The maximum absolute atomic E-state index is 12.6. The molecule has 0 saturated heterocycles. The number of hydrogen-bond donors (Lipinski definition) is 1. The van der Waals surface area contributed by atoms with Crippen molar-refractivity contribution in [3.8, 4) is 17.6 Å². The Kier molecular flexibility index (Phi) is 7.77. The van der Waals surface area contributed by atoms with E-state index in [0.717, 1.165) is 5.56 Å². The molecule has 0 unspecified atom stereocenters. The second kappa shape index (κ2) is 10.7. The summed E-state index contributed by atoms with van der Waals surface area (Å²) in [5, 5.41) is 12.6. The van der Waals surface area contributed by atoms with Crippen LogP contribution in [0.5, 0.6) is 11.5 Å². The SMILES string of the molecule is COc1cc(/C=C(/C#N)C(=O)Nc2cccc(Cl)c2Cl)ccc1OCc1ccc(C)cc1. The first-order valence-electron chi connectivity index (χ1n) is 9.65. The topological polar surface area (TPSA) is 71.3 Å². The van der Waals surface area contributed by atoms with E-state index in [-0.39, 0.29) is 10.6 Å². The van der Waals surface area contributed by atoms with E-state index in [1.54, 1.807) is 36.4 Å². The van der Waals surface area contributed by atoms with E-state index in [1.807, 2.05) is 37.3 Å². The highest BCUT2D eigenvalue weighted by Gasteiger charge is 2.14. The van der Waals surface area contributed by atoms with E-state index >= 15 is 0 Å². The number of amides is 1. The summed E-state index contributed by atoms with van der Waals surface area (Å²) < 4.78 is 11.3. The van der Waals surface area contributed by atoms with Gasteiger partial charge in [-0.2, -0.15) is 5.26 Å². The fraction of sp³-hybridized carbons (Fsp3) is 0.120. The molecule has 3 aromatic carbocycles. The van der Waals surface area contributed by atoms with Gasteiger partial charge >= 0.3 is 0 Å². The van der Waals surface area contributed by atoms with Gasteiger partial charge in [0, 0.05) is 0 Å². The summed E-state index contributed by atoms with van der Waals surface area (Å²) in [6.07, 6.45) is 1.46. The Hall–Kier alpha value is -3.46. The third-order valence-electron chi connectivity index (χ3n) is 4.58. The Morgan fingerprint density at radius 3 is 2.53 bits per heavy atom. The van der Waals surface area contributed by atoms with E-state index in [9.17, 15) is 10.1 Å². The average Bonchev–Trinajstić information content (AvgIpc) is 2.80. The largest absolute Gasteiger partial charge is 0.493 e. The van der Waals surface area contributed by atoms with Gasteiger partial charge in [-0.25, -0.2) is 0 Å². The predicted molar refractivity (Wildman–Crippen MR) is 127 cm³/mol. The zero-order valence-electron chi connectivity index (χ0n) is 17.5. The molecule has 0 aliphatic carbocycles. The first-order valence-corrected chi connectivity index (χ1v) is 10.4. The molecule has 0 radical (unpaired) electrons. The van der Waals surface area contributed by atoms with Crippen LogP contribution in [0.15, 0.2) is 66.2 Å². The van der Waals surface area contributed by atoms with Crippen LogP contribution in [0.25, 0.3) is 6.08 Å². The lowest BCUT2D eigenvalue weighted by atomic mass is 10.1. The van der Waals surface area contributed by atoms with Crippen molar-refractivity contribution in [2.24, 2.45) is 0 Å². The number of carbonyl (C=O) groups is 1. The van der Waals surface area contributed by atoms with E-state index in [1.165, 1.54) is 18.7 Å². The summed E-state index contributed by atoms with van der Waals surface area (Å²) in [7, 11) is 1.53. The Morgan fingerprint density at radius 1 is 1.09 bits per heavy atom. The summed E-state index contributed by atoms with van der Waals surface area (Å²) in [5.74, 6) is 0.440. The predicted octanol–water partition coefficient (Wildman–Crippen LogP) is 6.44. The number of methoxy groups -OCH3 is 1. The quantitative estimate of drug-likeness (QED) is 0.321. The van der Waals surface area contributed by atoms with Crippen molar-refractivity contribution < 1.29 is 14.3 Å². The fourth-order valence-electron chi connectivity index (χ4n) is 2.84. The van der Waals surface area contributed by atoms with Gasteiger partial charge in [-0.3, -0.25) is 4.79 Å². The number of carbonyl (C=O) groups excluding carboxylic acids is 1. The highest BCUT2D eigenvalue weighted by molar-refractivity contribution is 6.44. The molecule has 1 N–H and O–H groups in total. The maximum atomic E-state index is 12.6. The lowest BCUT2D eigenvalue weighted by Gasteiger charge is -2.12. The van der Waals surface area contributed by atoms with Crippen LogP contribution in [0, 0.1) is 18.3 Å². The van der Waals surface area contributed by atoms with Crippen LogP contribution in [0.4, 0.5) is 5.69 Å². The fourth-order valence-corrected chi connectivity index (χ4v) is 3.19. The normalized spacial score (nSPS) is 10.9. The Bertz CT molecular complexity index is 1200. The molecule has 0 atom stereocenters. The molecule has 0 aliphatic heterocycles. The number of nitriles is 1. The third kappa shape index (κ3) is 5.82. The van der Waals surface area contributed by atoms with Crippen molar-refractivity contribution in [2.45, 2.75) is 13.5 Å². The smallest absolute Gasteiger partial charge is 0.266 e. The molecule has 1 amide bonds. The van der Waals surface area contributed by atoms with E-state index in [0.29, 0.717) is 34.4 Å². The molecule has 0 bridgehead atoms. The summed E-state index contributed by atoms with van der Waals surface area (Å²) in [6.45, 7) is 2.41. The number of aryl methyl sites for hydroxylation is 1. The van der Waals surface area contributed by atoms with Gasteiger partial charge in [-0.15, -0.1) is 0 Å². The number of nitrogens with zero attached hydrogens (tertiary/aromatic N) is 1. The number of anilines is 1. The number of hydrogen-bond acceptors (Lipinski definition) is 4. The van der Waals surface area contributed by atoms with Crippen molar-refractivity contribution in [1.29, 1.82) is 5.26 Å². The number of ether oxygens (including phenoxy) is 2. The second-order valence-corrected chi connectivity index (χ2v) is 7.70. The third-order valence-corrected chi connectivity index (χ3v) is 5.40. The zero-order valence-corrected chi connectivity index (χ0v) is 19.0. The minimum absolute atomic E-state index is 0.101. The first-order chi connectivity index (χ1) is 15.4. The summed E-state index contributed by atoms with van der Waals surface area (Å²) in [4.78, 5) is 12.6. The molecule has 0 spiro atoms. The summed E-state index contributed by atoms with van der Waals surface area (Å²) in [6, 6.07) is 20.0. The van der Waals surface area contributed by atoms with Crippen molar-refractivity contribution >= 4 is 40.9 Å². The minimum Gasteiger partial charge on any atom is -0.493 e. The lowest BCUT2D eigenvalue weighted by molar-refractivity contribution is -0.112. The summed E-state index contributed by atoms with van der Waals surface area (Å²) in [5.41, 5.74) is 3.04. The van der Waals surface area contributed by atoms with Crippen LogP contribution in [-0.2, 0) is 11.4 Å². The maximum Gasteiger partial charge on any atom is 0.266 e. The molecule has 7 heteroatoms. The number of halogens is 2. The number of benzene rings is 3. The van der Waals surface area contributed by atoms with E-state index in [2.05, 4.69) is 5.32 Å². The molecule has 5 nitrogen and oxygen atoms in total. The Balaban J connectivity index is 1.77. The molecular formula is C25H20Cl2N2O3. The van der Waals surface area contributed by atoms with Gasteiger partial charge in [-0.1, -0.05) is 65.2 Å². The summed E-state index contributed by atoms with van der Waals surface area (Å²) >= 11 is 12.1. The van der Waals surface area contributed by atoms with Crippen molar-refractivity contribution in [2.75, 3.05) is 12.4 Å². The lowest BCUT2D eigenvalue weighted by Crippen LogP contribution is -2.13.